The van der Waals surface area contributed by atoms with Gasteiger partial charge in [0.25, 0.3) is 0 Å². The van der Waals surface area contributed by atoms with Crippen LogP contribution in [0.5, 0.6) is 5.75 Å². The number of Topliss-reactive ketones (excluding diaryl/α,β-unsaturated/α-hetero) is 1. The van der Waals surface area contributed by atoms with Crippen LogP contribution >= 0.6 is 0 Å². The second-order valence-corrected chi connectivity index (χ2v) is 6.92. The van der Waals surface area contributed by atoms with Gasteiger partial charge in [0.05, 0.1) is 18.8 Å². The average Bonchev–Trinajstić information content (AvgIpc) is 2.53. The van der Waals surface area contributed by atoms with E-state index < -0.39 is 0 Å². The molecule has 0 aromatic heterocycles. The van der Waals surface area contributed by atoms with E-state index in [1.165, 1.54) is 5.56 Å². The molecule has 2 atom stereocenters. The van der Waals surface area contributed by atoms with Gasteiger partial charge in [0, 0.05) is 19.5 Å². The fourth-order valence-electron chi connectivity index (χ4n) is 3.17. The Morgan fingerprint density at radius 2 is 1.83 bits per heavy atom. The molecule has 0 unspecified atom stereocenters. The van der Waals surface area contributed by atoms with Crippen molar-refractivity contribution in [3.63, 3.8) is 0 Å². The van der Waals surface area contributed by atoms with Crippen LogP contribution in [-0.2, 0) is 16.0 Å². The Morgan fingerprint density at radius 1 is 1.17 bits per heavy atom. The summed E-state index contributed by atoms with van der Waals surface area (Å²) in [5, 5.41) is 0. The maximum absolute atomic E-state index is 11.0. The number of morpholine rings is 1. The number of nitrogens with zero attached hydrogens (tertiary/aromatic N) is 1. The first kappa shape index (κ1) is 18.9. The highest BCUT2D eigenvalue weighted by molar-refractivity contribution is 5.75. The highest BCUT2D eigenvalue weighted by Gasteiger charge is 2.21. The summed E-state index contributed by atoms with van der Waals surface area (Å²) in [7, 11) is 0. The average molecular weight is 333 g/mol. The summed E-state index contributed by atoms with van der Waals surface area (Å²) in [5.41, 5.74) is 1.19. The lowest BCUT2D eigenvalue weighted by Crippen LogP contribution is -2.45. The smallest absolute Gasteiger partial charge is 0.130 e. The molecule has 1 saturated heterocycles. The number of aryl methyl sites for hydroxylation is 1. The summed E-state index contributed by atoms with van der Waals surface area (Å²) in [6, 6.07) is 8.10. The standard InChI is InChI=1S/C20H31NO3/c1-16(22)6-7-19-8-10-20(11-9-19)23-13-5-4-12-21-14-17(2)24-18(3)15-21/h8-11,17-18H,4-7,12-15H2,1-3H3/t17-,18-/m1/s1. The van der Waals surface area contributed by atoms with Crippen molar-refractivity contribution in [2.75, 3.05) is 26.2 Å². The summed E-state index contributed by atoms with van der Waals surface area (Å²) in [6.07, 6.45) is 4.31. The third-order valence-electron chi connectivity index (χ3n) is 4.32. The summed E-state index contributed by atoms with van der Waals surface area (Å²) >= 11 is 0. The van der Waals surface area contributed by atoms with Gasteiger partial charge in [-0.25, -0.2) is 0 Å². The maximum Gasteiger partial charge on any atom is 0.130 e. The van der Waals surface area contributed by atoms with Crippen LogP contribution in [0.4, 0.5) is 0 Å². The molecule has 134 valence electrons. The van der Waals surface area contributed by atoms with Gasteiger partial charge in [-0.1, -0.05) is 12.1 Å². The van der Waals surface area contributed by atoms with E-state index in [9.17, 15) is 4.79 Å². The van der Waals surface area contributed by atoms with Crippen LogP contribution in [0.25, 0.3) is 0 Å². The molecule has 1 heterocycles. The second kappa shape index (κ2) is 9.80. The van der Waals surface area contributed by atoms with Crippen LogP contribution in [0, 0.1) is 0 Å². The fraction of sp³-hybridized carbons (Fsp3) is 0.650. The summed E-state index contributed by atoms with van der Waals surface area (Å²) < 4.78 is 11.6. The summed E-state index contributed by atoms with van der Waals surface area (Å²) in [5.74, 6) is 1.15. The molecule has 0 bridgehead atoms. The molecular weight excluding hydrogens is 302 g/mol. The largest absolute Gasteiger partial charge is 0.494 e. The van der Waals surface area contributed by atoms with E-state index in [1.54, 1.807) is 6.92 Å². The normalized spacial score (nSPS) is 21.6. The zero-order valence-electron chi connectivity index (χ0n) is 15.3. The Balaban J connectivity index is 1.59. The quantitative estimate of drug-likeness (QED) is 0.649. The number of rotatable bonds is 9. The van der Waals surface area contributed by atoms with Crippen molar-refractivity contribution in [3.8, 4) is 5.75 Å². The van der Waals surface area contributed by atoms with E-state index in [4.69, 9.17) is 9.47 Å². The lowest BCUT2D eigenvalue weighted by atomic mass is 10.1. The molecule has 1 aliphatic rings. The zero-order valence-corrected chi connectivity index (χ0v) is 15.3. The van der Waals surface area contributed by atoms with Gasteiger partial charge in [-0.15, -0.1) is 0 Å². The van der Waals surface area contributed by atoms with Gasteiger partial charge >= 0.3 is 0 Å². The minimum atomic E-state index is 0.236. The topological polar surface area (TPSA) is 38.8 Å². The number of hydrogen-bond acceptors (Lipinski definition) is 4. The van der Waals surface area contributed by atoms with Crippen molar-refractivity contribution in [1.29, 1.82) is 0 Å². The molecule has 0 radical (unpaired) electrons. The third kappa shape index (κ3) is 7.02. The van der Waals surface area contributed by atoms with Gasteiger partial charge in [0.1, 0.15) is 11.5 Å². The van der Waals surface area contributed by atoms with E-state index in [0.29, 0.717) is 18.6 Å². The van der Waals surface area contributed by atoms with Crippen molar-refractivity contribution < 1.29 is 14.3 Å². The Morgan fingerprint density at radius 3 is 2.46 bits per heavy atom. The minimum Gasteiger partial charge on any atom is -0.494 e. The summed E-state index contributed by atoms with van der Waals surface area (Å²) in [6.45, 7) is 9.86. The first-order valence-electron chi connectivity index (χ1n) is 9.12. The molecule has 4 nitrogen and oxygen atoms in total. The molecule has 4 heteroatoms. The van der Waals surface area contributed by atoms with Gasteiger partial charge in [-0.2, -0.15) is 0 Å². The van der Waals surface area contributed by atoms with Crippen molar-refractivity contribution in [2.45, 2.75) is 58.7 Å². The van der Waals surface area contributed by atoms with E-state index in [0.717, 1.165) is 51.3 Å². The van der Waals surface area contributed by atoms with E-state index in [2.05, 4.69) is 30.9 Å². The SMILES string of the molecule is CC(=O)CCc1ccc(OCCCCN2C[C@@H](C)O[C@H](C)C2)cc1. The van der Waals surface area contributed by atoms with Crippen molar-refractivity contribution >= 4 is 5.78 Å². The van der Waals surface area contributed by atoms with Crippen LogP contribution in [-0.4, -0.2) is 49.1 Å². The van der Waals surface area contributed by atoms with Gasteiger partial charge in [0.2, 0.25) is 0 Å². The van der Waals surface area contributed by atoms with Gasteiger partial charge in [-0.05, 0) is 64.3 Å². The monoisotopic (exact) mass is 333 g/mol. The molecular formula is C20H31NO3. The van der Waals surface area contributed by atoms with Crippen LogP contribution in [0.1, 0.15) is 45.6 Å². The molecule has 1 aromatic carbocycles. The Kier molecular flexibility index (Phi) is 7.73. The van der Waals surface area contributed by atoms with Crippen LogP contribution < -0.4 is 4.74 Å². The highest BCUT2D eigenvalue weighted by atomic mass is 16.5. The fourth-order valence-corrected chi connectivity index (χ4v) is 3.17. The summed E-state index contributed by atoms with van der Waals surface area (Å²) in [4.78, 5) is 13.5. The first-order chi connectivity index (χ1) is 11.5. The van der Waals surface area contributed by atoms with E-state index >= 15 is 0 Å². The molecule has 0 amide bonds. The lowest BCUT2D eigenvalue weighted by Gasteiger charge is -2.35. The molecule has 0 spiro atoms. The maximum atomic E-state index is 11.0. The molecule has 24 heavy (non-hydrogen) atoms. The second-order valence-electron chi connectivity index (χ2n) is 6.92. The number of ether oxygens (including phenoxy) is 2. The number of ketones is 1. The molecule has 0 aliphatic carbocycles. The molecule has 1 fully saturated rings. The van der Waals surface area contributed by atoms with E-state index in [1.807, 2.05) is 12.1 Å². The first-order valence-corrected chi connectivity index (χ1v) is 9.12. The number of carbonyl (C=O) groups is 1. The minimum absolute atomic E-state index is 0.236. The molecule has 2 rings (SSSR count). The van der Waals surface area contributed by atoms with Crippen LogP contribution in [0.2, 0.25) is 0 Å². The van der Waals surface area contributed by atoms with Gasteiger partial charge in [0.15, 0.2) is 0 Å². The number of carbonyl (C=O) groups excluding carboxylic acids is 1. The zero-order chi connectivity index (χ0) is 17.4. The van der Waals surface area contributed by atoms with Crippen molar-refractivity contribution in [2.24, 2.45) is 0 Å². The number of benzene rings is 1. The van der Waals surface area contributed by atoms with Crippen molar-refractivity contribution in [3.05, 3.63) is 29.8 Å². The van der Waals surface area contributed by atoms with E-state index in [-0.39, 0.29) is 5.78 Å². The molecule has 1 aromatic rings. The number of hydrogen-bond donors (Lipinski definition) is 0. The molecule has 1 aliphatic heterocycles. The predicted molar refractivity (Wildman–Crippen MR) is 96.6 cm³/mol. The predicted octanol–water partition coefficient (Wildman–Crippen LogP) is 3.48. The number of unbranched alkanes of at least 4 members (excludes halogenated alkanes) is 1. The molecule has 0 saturated carbocycles. The Bertz CT molecular complexity index is 490. The highest BCUT2D eigenvalue weighted by Crippen LogP contribution is 2.15. The Labute approximate surface area is 146 Å². The van der Waals surface area contributed by atoms with Gasteiger partial charge < -0.3 is 14.3 Å². The van der Waals surface area contributed by atoms with Crippen molar-refractivity contribution in [1.82, 2.24) is 4.90 Å². The molecule has 0 N–H and O–H groups in total. The third-order valence-corrected chi connectivity index (χ3v) is 4.32. The van der Waals surface area contributed by atoms with Crippen LogP contribution in [0.3, 0.4) is 0 Å². The Hall–Kier alpha value is -1.39. The van der Waals surface area contributed by atoms with Gasteiger partial charge in [-0.3, -0.25) is 4.90 Å². The lowest BCUT2D eigenvalue weighted by molar-refractivity contribution is -0.116. The van der Waals surface area contributed by atoms with Crippen LogP contribution in [0.15, 0.2) is 24.3 Å².